The summed E-state index contributed by atoms with van der Waals surface area (Å²) >= 11 is 0. The van der Waals surface area contributed by atoms with Crippen molar-refractivity contribution in [1.29, 1.82) is 0 Å². The van der Waals surface area contributed by atoms with Crippen LogP contribution in [-0.2, 0) is 47.8 Å². The predicted molar refractivity (Wildman–Crippen MR) is 229 cm³/mol. The fourth-order valence-corrected chi connectivity index (χ4v) is 6.01. The number of hydrogen-bond acceptors (Lipinski definition) is 13. The molecular weight excluding hydrogens is 807 g/mol. The zero-order chi connectivity index (χ0) is 46.8. The van der Waals surface area contributed by atoms with Crippen LogP contribution < -0.4 is 41.4 Å². The third-order valence-electron chi connectivity index (χ3n) is 8.92. The van der Waals surface area contributed by atoms with E-state index >= 15 is 0 Å². The SMILES string of the molecule is COC(=O)[C@H](CC(C)C)NC(=O)[C@H](CC(C)C)NC(=O)CNC(=O)CCCOc1cccc(OCCCC(=O)NCC(=O)N[C@@H](CC(C)C)C(=O)N[C@@H](CC(C)C)C(=O)OC)n1. The molecular formula is C43H71N7O12. The highest BCUT2D eigenvalue weighted by molar-refractivity contribution is 5.93. The number of nitrogens with one attached hydrogen (secondary N) is 6. The molecule has 1 heterocycles. The van der Waals surface area contributed by atoms with Crippen LogP contribution in [0, 0.1) is 23.7 Å². The molecule has 62 heavy (non-hydrogen) atoms. The lowest BCUT2D eigenvalue weighted by molar-refractivity contribution is -0.146. The van der Waals surface area contributed by atoms with Crippen LogP contribution in [0.4, 0.5) is 0 Å². The molecule has 19 nitrogen and oxygen atoms in total. The number of rotatable bonds is 30. The molecule has 0 unspecified atom stereocenters. The largest absolute Gasteiger partial charge is 0.478 e. The normalized spacial score (nSPS) is 13.0. The summed E-state index contributed by atoms with van der Waals surface area (Å²) in [7, 11) is 2.49. The van der Waals surface area contributed by atoms with E-state index < -0.39 is 71.5 Å². The standard InChI is InChI=1S/C43H71N7O12/c1-26(2)20-30(40(55)48-32(22-28(5)6)42(57)59-9)46-36(53)24-44-34(51)14-12-18-61-38-16-11-17-39(50-38)62-19-13-15-35(52)45-25-37(54)47-31(21-27(3)4)41(56)49-33(23-29(7)8)43(58)60-10/h11,16-17,26-33H,12-15,18-25H2,1-10H3,(H,44,51)(H,45,52)(H,46,53)(H,47,54)(H,48,55)(H,49,56)/t30-,31-,32-,33-/m0/s1. The second kappa shape index (κ2) is 29.7. The molecule has 0 bridgehead atoms. The number of amides is 6. The van der Waals surface area contributed by atoms with Gasteiger partial charge >= 0.3 is 11.9 Å². The summed E-state index contributed by atoms with van der Waals surface area (Å²) < 4.78 is 21.0. The van der Waals surface area contributed by atoms with Gasteiger partial charge in [-0.05, 0) is 62.2 Å². The monoisotopic (exact) mass is 878 g/mol. The summed E-state index contributed by atoms with van der Waals surface area (Å²) in [6, 6.07) is 1.39. The molecule has 4 atom stereocenters. The van der Waals surface area contributed by atoms with Gasteiger partial charge in [-0.2, -0.15) is 4.98 Å². The van der Waals surface area contributed by atoms with E-state index in [0.29, 0.717) is 38.5 Å². The Morgan fingerprint density at radius 3 is 1.16 bits per heavy atom. The minimum absolute atomic E-state index is 0.0562. The number of carbonyl (C=O) groups excluding carboxylic acids is 8. The van der Waals surface area contributed by atoms with Crippen LogP contribution >= 0.6 is 0 Å². The van der Waals surface area contributed by atoms with Crippen molar-refractivity contribution < 1.29 is 57.3 Å². The second-order valence-electron chi connectivity index (χ2n) is 16.7. The molecule has 19 heteroatoms. The lowest BCUT2D eigenvalue weighted by atomic mass is 10.0. The number of aromatic nitrogens is 1. The Balaban J connectivity index is 2.47. The molecule has 0 aliphatic heterocycles. The minimum Gasteiger partial charge on any atom is -0.478 e. The lowest BCUT2D eigenvalue weighted by Gasteiger charge is -2.24. The van der Waals surface area contributed by atoms with Gasteiger partial charge in [-0.1, -0.05) is 61.5 Å². The van der Waals surface area contributed by atoms with E-state index in [9.17, 15) is 38.4 Å². The topological polar surface area (TPSA) is 259 Å². The first-order chi connectivity index (χ1) is 29.2. The average molecular weight is 878 g/mol. The molecule has 0 spiro atoms. The van der Waals surface area contributed by atoms with E-state index in [1.807, 2.05) is 55.4 Å². The number of nitrogens with zero attached hydrogens (tertiary/aromatic N) is 1. The predicted octanol–water partition coefficient (Wildman–Crippen LogP) is 2.10. The average Bonchev–Trinajstić information content (AvgIpc) is 3.20. The summed E-state index contributed by atoms with van der Waals surface area (Å²) in [5.41, 5.74) is 0. The van der Waals surface area contributed by atoms with Gasteiger partial charge < -0.3 is 50.8 Å². The Bertz CT molecular complexity index is 1490. The summed E-state index contributed by atoms with van der Waals surface area (Å²) in [6.07, 6.45) is 2.14. The van der Waals surface area contributed by atoms with Crippen LogP contribution in [0.1, 0.15) is 107 Å². The number of methoxy groups -OCH3 is 2. The Morgan fingerprint density at radius 2 is 0.839 bits per heavy atom. The van der Waals surface area contributed by atoms with E-state index in [-0.39, 0.29) is 74.6 Å². The molecule has 0 aliphatic rings. The first kappa shape index (κ1) is 54.5. The van der Waals surface area contributed by atoms with Crippen molar-refractivity contribution in [3.63, 3.8) is 0 Å². The van der Waals surface area contributed by atoms with Crippen molar-refractivity contribution in [2.24, 2.45) is 23.7 Å². The molecule has 0 saturated carbocycles. The molecule has 350 valence electrons. The van der Waals surface area contributed by atoms with E-state index in [1.165, 1.54) is 14.2 Å². The van der Waals surface area contributed by atoms with Crippen LogP contribution in [0.25, 0.3) is 0 Å². The molecule has 0 aliphatic carbocycles. The van der Waals surface area contributed by atoms with Crippen molar-refractivity contribution >= 4 is 47.4 Å². The zero-order valence-electron chi connectivity index (χ0n) is 38.2. The number of pyridine rings is 1. The fourth-order valence-electron chi connectivity index (χ4n) is 6.01. The Kier molecular flexibility index (Phi) is 26.1. The van der Waals surface area contributed by atoms with E-state index in [1.54, 1.807) is 18.2 Å². The maximum Gasteiger partial charge on any atom is 0.328 e. The highest BCUT2D eigenvalue weighted by Gasteiger charge is 2.30. The Morgan fingerprint density at radius 1 is 0.500 bits per heavy atom. The van der Waals surface area contributed by atoms with E-state index in [2.05, 4.69) is 36.9 Å². The highest BCUT2D eigenvalue weighted by Crippen LogP contribution is 2.15. The van der Waals surface area contributed by atoms with Crippen LogP contribution in [0.3, 0.4) is 0 Å². The van der Waals surface area contributed by atoms with Gasteiger partial charge in [0, 0.05) is 25.0 Å². The van der Waals surface area contributed by atoms with Crippen molar-refractivity contribution in [1.82, 2.24) is 36.9 Å². The van der Waals surface area contributed by atoms with Crippen molar-refractivity contribution in [2.75, 3.05) is 40.5 Å². The maximum atomic E-state index is 13.0. The zero-order valence-corrected chi connectivity index (χ0v) is 38.2. The summed E-state index contributed by atoms with van der Waals surface area (Å²) in [5, 5.41) is 15.8. The molecule has 6 N–H and O–H groups in total. The highest BCUT2D eigenvalue weighted by atomic mass is 16.5. The second-order valence-corrected chi connectivity index (χ2v) is 16.7. The molecule has 1 aromatic rings. The number of hydrogen-bond donors (Lipinski definition) is 6. The third-order valence-corrected chi connectivity index (χ3v) is 8.92. The maximum absolute atomic E-state index is 13.0. The fraction of sp³-hybridized carbons (Fsp3) is 0.698. The third kappa shape index (κ3) is 24.1. The Hall–Kier alpha value is -5.49. The van der Waals surface area contributed by atoms with Gasteiger partial charge in [0.25, 0.3) is 0 Å². The smallest absolute Gasteiger partial charge is 0.328 e. The summed E-state index contributed by atoms with van der Waals surface area (Å²) in [4.78, 5) is 105. The van der Waals surface area contributed by atoms with Crippen molar-refractivity contribution in [3.05, 3.63) is 18.2 Å². The quantitative estimate of drug-likeness (QED) is 0.0479. The number of carbonyl (C=O) groups is 8. The molecule has 0 aromatic carbocycles. The van der Waals surface area contributed by atoms with Gasteiger partial charge in [-0.15, -0.1) is 0 Å². The first-order valence-corrected chi connectivity index (χ1v) is 21.4. The number of esters is 2. The number of ether oxygens (including phenoxy) is 4. The van der Waals surface area contributed by atoms with Crippen LogP contribution in [0.15, 0.2) is 18.2 Å². The van der Waals surface area contributed by atoms with Crippen molar-refractivity contribution in [2.45, 2.75) is 131 Å². The molecule has 1 aromatic heterocycles. The first-order valence-electron chi connectivity index (χ1n) is 21.4. The van der Waals surface area contributed by atoms with Crippen LogP contribution in [0.2, 0.25) is 0 Å². The van der Waals surface area contributed by atoms with Gasteiger partial charge in [-0.25, -0.2) is 9.59 Å². The van der Waals surface area contributed by atoms with E-state index in [4.69, 9.17) is 18.9 Å². The summed E-state index contributed by atoms with van der Waals surface area (Å²) in [6.45, 7) is 14.8. The Labute approximate surface area is 366 Å². The molecule has 0 saturated heterocycles. The molecule has 1 rings (SSSR count). The van der Waals surface area contributed by atoms with Gasteiger partial charge in [0.05, 0.1) is 40.5 Å². The molecule has 0 radical (unpaired) electrons. The van der Waals surface area contributed by atoms with Gasteiger partial charge in [-0.3, -0.25) is 28.8 Å². The molecule has 6 amide bonds. The van der Waals surface area contributed by atoms with Gasteiger partial charge in [0.1, 0.15) is 24.2 Å². The molecule has 0 fully saturated rings. The minimum atomic E-state index is -0.911. The van der Waals surface area contributed by atoms with Gasteiger partial charge in [0.2, 0.25) is 47.2 Å². The van der Waals surface area contributed by atoms with Crippen LogP contribution in [-0.4, -0.2) is 117 Å². The van der Waals surface area contributed by atoms with E-state index in [0.717, 1.165) is 0 Å². The summed E-state index contributed by atoms with van der Waals surface area (Å²) in [5.74, 6) is -3.20. The van der Waals surface area contributed by atoms with Crippen LogP contribution in [0.5, 0.6) is 11.8 Å². The van der Waals surface area contributed by atoms with Crippen molar-refractivity contribution in [3.8, 4) is 11.8 Å². The van der Waals surface area contributed by atoms with Gasteiger partial charge in [0.15, 0.2) is 0 Å². The lowest BCUT2D eigenvalue weighted by Crippen LogP contribution is -2.53.